The largest absolute Gasteiger partial charge is 0.339 e. The van der Waals surface area contributed by atoms with Crippen molar-refractivity contribution in [3.63, 3.8) is 0 Å². The van der Waals surface area contributed by atoms with Crippen LogP contribution in [0.5, 0.6) is 0 Å². The van der Waals surface area contributed by atoms with E-state index in [9.17, 15) is 17.6 Å². The molecule has 1 unspecified atom stereocenters. The number of piperidine rings is 1. The van der Waals surface area contributed by atoms with Crippen LogP contribution in [0.3, 0.4) is 0 Å². The number of nitrogens with zero attached hydrogens (tertiary/aromatic N) is 3. The molecule has 1 aromatic heterocycles. The van der Waals surface area contributed by atoms with Crippen molar-refractivity contribution in [2.24, 2.45) is 0 Å². The lowest BCUT2D eigenvalue weighted by atomic mass is 9.93. The average molecular weight is 449 g/mol. The van der Waals surface area contributed by atoms with Gasteiger partial charge in [-0.3, -0.25) is 9.89 Å². The van der Waals surface area contributed by atoms with E-state index in [1.54, 1.807) is 4.90 Å². The lowest BCUT2D eigenvalue weighted by molar-refractivity contribution is 0.0692. The number of carbonyl (C=O) groups excluding carboxylic acids is 1. The van der Waals surface area contributed by atoms with Crippen molar-refractivity contribution in [3.05, 3.63) is 47.5 Å². The number of H-pyrrole nitrogens is 1. The van der Waals surface area contributed by atoms with Crippen molar-refractivity contribution in [1.29, 1.82) is 0 Å². The van der Waals surface area contributed by atoms with Crippen LogP contribution in [-0.2, 0) is 10.0 Å². The van der Waals surface area contributed by atoms with E-state index in [1.807, 2.05) is 7.05 Å². The van der Waals surface area contributed by atoms with Crippen molar-refractivity contribution in [1.82, 2.24) is 19.4 Å². The smallest absolute Gasteiger partial charge is 0.257 e. The van der Waals surface area contributed by atoms with Gasteiger partial charge in [-0.2, -0.15) is 9.40 Å². The van der Waals surface area contributed by atoms with Gasteiger partial charge in [-0.15, -0.1) is 0 Å². The number of halogens is 1. The summed E-state index contributed by atoms with van der Waals surface area (Å²) in [6.07, 6.45) is 9.10. The van der Waals surface area contributed by atoms with Crippen LogP contribution < -0.4 is 0 Å². The van der Waals surface area contributed by atoms with Gasteiger partial charge < -0.3 is 4.90 Å². The molecule has 2 heterocycles. The summed E-state index contributed by atoms with van der Waals surface area (Å²) in [6.45, 7) is 0.343. The van der Waals surface area contributed by atoms with Crippen LogP contribution in [0.2, 0.25) is 0 Å². The minimum Gasteiger partial charge on any atom is -0.339 e. The molecule has 1 aliphatic heterocycles. The van der Waals surface area contributed by atoms with Gasteiger partial charge in [0.05, 0.1) is 28.4 Å². The summed E-state index contributed by atoms with van der Waals surface area (Å²) in [4.78, 5) is 15.1. The highest BCUT2D eigenvalue weighted by molar-refractivity contribution is 7.89. The zero-order chi connectivity index (χ0) is 22.0. The molecule has 1 aromatic carbocycles. The first-order chi connectivity index (χ1) is 14.9. The number of sulfonamides is 1. The summed E-state index contributed by atoms with van der Waals surface area (Å²) in [5.74, 6) is -0.610. The summed E-state index contributed by atoms with van der Waals surface area (Å²) in [5, 5.41) is 7.02. The quantitative estimate of drug-likeness (QED) is 0.752. The molecule has 0 radical (unpaired) electrons. The van der Waals surface area contributed by atoms with Gasteiger partial charge in [-0.1, -0.05) is 25.7 Å². The summed E-state index contributed by atoms with van der Waals surface area (Å²) in [5.41, 5.74) is 0.970. The second-order valence-electron chi connectivity index (χ2n) is 8.49. The predicted molar refractivity (Wildman–Crippen MR) is 114 cm³/mol. The van der Waals surface area contributed by atoms with Crippen molar-refractivity contribution in [2.75, 3.05) is 13.6 Å². The minimum atomic E-state index is -3.84. The third-order valence-electron chi connectivity index (χ3n) is 6.55. The highest BCUT2D eigenvalue weighted by Crippen LogP contribution is 2.36. The maximum atomic E-state index is 13.3. The lowest BCUT2D eigenvalue weighted by Gasteiger charge is -2.35. The number of hydrogen-bond donors (Lipinski definition) is 1. The molecule has 4 rings (SSSR count). The molecular formula is C22H29FN4O3S. The molecule has 7 nitrogen and oxygen atoms in total. The number of amides is 1. The fourth-order valence-electron chi connectivity index (χ4n) is 4.77. The molecule has 1 saturated heterocycles. The third kappa shape index (κ3) is 4.39. The maximum Gasteiger partial charge on any atom is 0.257 e. The Bertz CT molecular complexity index is 1020. The molecule has 1 atom stereocenters. The molecule has 0 spiro atoms. The first kappa shape index (κ1) is 22.0. The molecule has 1 aliphatic carbocycles. The number of carbonyl (C=O) groups is 1. The highest BCUT2D eigenvalue weighted by atomic mass is 32.2. The van der Waals surface area contributed by atoms with Crippen LogP contribution in [0, 0.1) is 5.82 Å². The van der Waals surface area contributed by atoms with E-state index in [0.717, 1.165) is 50.7 Å². The fourth-order valence-corrected chi connectivity index (χ4v) is 6.43. The van der Waals surface area contributed by atoms with Crippen molar-refractivity contribution in [2.45, 2.75) is 68.3 Å². The Morgan fingerprint density at radius 3 is 2.48 bits per heavy atom. The summed E-state index contributed by atoms with van der Waals surface area (Å²) in [7, 11) is -2.02. The number of nitrogens with one attached hydrogen (secondary N) is 1. The van der Waals surface area contributed by atoms with Crippen molar-refractivity contribution >= 4 is 15.9 Å². The van der Waals surface area contributed by atoms with E-state index in [1.165, 1.54) is 29.1 Å². The molecule has 31 heavy (non-hydrogen) atoms. The molecule has 2 aliphatic rings. The monoisotopic (exact) mass is 448 g/mol. The van der Waals surface area contributed by atoms with Gasteiger partial charge in [0.25, 0.3) is 5.91 Å². The van der Waals surface area contributed by atoms with Crippen LogP contribution in [0.1, 0.15) is 73.5 Å². The van der Waals surface area contributed by atoms with Gasteiger partial charge in [0.1, 0.15) is 5.82 Å². The van der Waals surface area contributed by atoms with Gasteiger partial charge in [0.2, 0.25) is 10.0 Å². The van der Waals surface area contributed by atoms with Gasteiger partial charge in [-0.05, 0) is 49.9 Å². The van der Waals surface area contributed by atoms with E-state index in [-0.39, 0.29) is 16.8 Å². The summed E-state index contributed by atoms with van der Waals surface area (Å²) < 4.78 is 41.4. The van der Waals surface area contributed by atoms with E-state index in [0.29, 0.717) is 24.2 Å². The number of rotatable bonds is 5. The predicted octanol–water partition coefficient (Wildman–Crippen LogP) is 3.87. The topological polar surface area (TPSA) is 86.4 Å². The van der Waals surface area contributed by atoms with Crippen LogP contribution in [0.15, 0.2) is 35.4 Å². The van der Waals surface area contributed by atoms with Gasteiger partial charge in [0, 0.05) is 19.6 Å². The number of aromatic amines is 1. The maximum absolute atomic E-state index is 13.3. The SMILES string of the molecule is CN(C(=O)c1cn[nH]c1C1CCCCN1S(=O)(=O)c1ccc(F)cc1)C1CCCCC1. The molecule has 1 amide bonds. The zero-order valence-electron chi connectivity index (χ0n) is 17.8. The second-order valence-corrected chi connectivity index (χ2v) is 10.4. The highest BCUT2D eigenvalue weighted by Gasteiger charge is 2.38. The van der Waals surface area contributed by atoms with E-state index in [4.69, 9.17) is 0 Å². The first-order valence-corrected chi connectivity index (χ1v) is 12.4. The molecule has 2 aromatic rings. The Morgan fingerprint density at radius 2 is 1.77 bits per heavy atom. The molecule has 168 valence electrons. The zero-order valence-corrected chi connectivity index (χ0v) is 18.6. The van der Waals surface area contributed by atoms with Gasteiger partial charge in [-0.25, -0.2) is 12.8 Å². The van der Waals surface area contributed by atoms with E-state index >= 15 is 0 Å². The minimum absolute atomic E-state index is 0.0486. The fraction of sp³-hybridized carbons (Fsp3) is 0.545. The normalized spacial score (nSPS) is 21.2. The molecule has 2 fully saturated rings. The molecule has 0 bridgehead atoms. The first-order valence-electron chi connectivity index (χ1n) is 11.0. The molecule has 9 heteroatoms. The second kappa shape index (κ2) is 9.08. The number of benzene rings is 1. The van der Waals surface area contributed by atoms with Gasteiger partial charge in [0.15, 0.2) is 0 Å². The van der Waals surface area contributed by atoms with Crippen LogP contribution in [0.25, 0.3) is 0 Å². The number of aromatic nitrogens is 2. The molecule has 1 saturated carbocycles. The Morgan fingerprint density at radius 1 is 1.10 bits per heavy atom. The van der Waals surface area contributed by atoms with E-state index < -0.39 is 21.9 Å². The van der Waals surface area contributed by atoms with Crippen molar-refractivity contribution in [3.8, 4) is 0 Å². The van der Waals surface area contributed by atoms with Gasteiger partial charge >= 0.3 is 0 Å². The van der Waals surface area contributed by atoms with Crippen LogP contribution in [-0.4, -0.2) is 53.4 Å². The Labute approximate surface area is 182 Å². The third-order valence-corrected chi connectivity index (χ3v) is 8.47. The summed E-state index contributed by atoms with van der Waals surface area (Å²) in [6, 6.07) is 4.56. The Hall–Kier alpha value is -2.26. The Kier molecular flexibility index (Phi) is 6.43. The average Bonchev–Trinajstić information content (AvgIpc) is 3.29. The van der Waals surface area contributed by atoms with Crippen LogP contribution >= 0.6 is 0 Å². The van der Waals surface area contributed by atoms with E-state index in [2.05, 4.69) is 10.2 Å². The Balaban J connectivity index is 1.63. The standard InChI is InChI=1S/C22H29FN4O3S/c1-26(17-7-3-2-4-8-17)22(28)19-15-24-25-21(19)20-9-5-6-14-27(20)31(29,30)18-12-10-16(23)11-13-18/h10-13,15,17,20H,2-9,14H2,1H3,(H,24,25). The van der Waals surface area contributed by atoms with Crippen LogP contribution in [0.4, 0.5) is 4.39 Å². The lowest BCUT2D eigenvalue weighted by Crippen LogP contribution is -2.41. The summed E-state index contributed by atoms with van der Waals surface area (Å²) >= 11 is 0. The van der Waals surface area contributed by atoms with Crippen molar-refractivity contribution < 1.29 is 17.6 Å². The number of hydrogen-bond acceptors (Lipinski definition) is 4. The molecular weight excluding hydrogens is 419 g/mol. The molecule has 1 N–H and O–H groups in total.